The van der Waals surface area contributed by atoms with Gasteiger partial charge in [-0.2, -0.15) is 0 Å². The van der Waals surface area contributed by atoms with Gasteiger partial charge in [0.1, 0.15) is 0 Å². The average Bonchev–Trinajstić information content (AvgIpc) is 2.17. The molecular formula is C10H19N3O2. The van der Waals surface area contributed by atoms with Crippen LogP contribution in [0.5, 0.6) is 0 Å². The fourth-order valence-corrected chi connectivity index (χ4v) is 2.16. The lowest BCUT2D eigenvalue weighted by atomic mass is 9.94. The highest BCUT2D eigenvalue weighted by atomic mass is 16.2. The zero-order valence-electron chi connectivity index (χ0n) is 8.95. The van der Waals surface area contributed by atoms with E-state index in [-0.39, 0.29) is 13.1 Å². The van der Waals surface area contributed by atoms with Gasteiger partial charge in [-0.25, -0.2) is 0 Å². The Morgan fingerprint density at radius 2 is 1.47 bits per heavy atom. The van der Waals surface area contributed by atoms with Gasteiger partial charge in [0.2, 0.25) is 11.8 Å². The lowest BCUT2D eigenvalue weighted by molar-refractivity contribution is -0.123. The molecular weight excluding hydrogens is 194 g/mol. The Balaban J connectivity index is 2.52. The molecule has 0 heterocycles. The lowest BCUT2D eigenvalue weighted by Crippen LogP contribution is -2.46. The molecule has 15 heavy (non-hydrogen) atoms. The Bertz CT molecular complexity index is 221. The molecule has 1 fully saturated rings. The van der Waals surface area contributed by atoms with Crippen LogP contribution >= 0.6 is 0 Å². The Morgan fingerprint density at radius 1 is 1.00 bits per heavy atom. The maximum Gasteiger partial charge on any atom is 0.231 e. The van der Waals surface area contributed by atoms with Crippen molar-refractivity contribution in [2.75, 3.05) is 13.1 Å². The maximum atomic E-state index is 10.9. The SMILES string of the molecule is NC(=O)CN(CC(N)=O)C1CCCCC1. The summed E-state index contributed by atoms with van der Waals surface area (Å²) in [6, 6.07) is 0.291. The molecule has 4 N–H and O–H groups in total. The first-order valence-corrected chi connectivity index (χ1v) is 5.40. The van der Waals surface area contributed by atoms with Crippen LogP contribution in [0.3, 0.4) is 0 Å². The Hall–Kier alpha value is -1.10. The molecule has 5 nitrogen and oxygen atoms in total. The first-order chi connectivity index (χ1) is 7.09. The zero-order chi connectivity index (χ0) is 11.3. The summed E-state index contributed by atoms with van der Waals surface area (Å²) in [6.45, 7) is 0.265. The van der Waals surface area contributed by atoms with Crippen molar-refractivity contribution in [2.24, 2.45) is 11.5 Å². The highest BCUT2D eigenvalue weighted by Gasteiger charge is 2.23. The predicted octanol–water partition coefficient (Wildman–Crippen LogP) is -0.408. The monoisotopic (exact) mass is 213 g/mol. The number of hydrogen-bond acceptors (Lipinski definition) is 3. The Morgan fingerprint density at radius 3 is 1.87 bits per heavy atom. The second-order valence-corrected chi connectivity index (χ2v) is 4.13. The van der Waals surface area contributed by atoms with Gasteiger partial charge in [-0.3, -0.25) is 14.5 Å². The van der Waals surface area contributed by atoms with Gasteiger partial charge >= 0.3 is 0 Å². The smallest absolute Gasteiger partial charge is 0.231 e. The van der Waals surface area contributed by atoms with Crippen LogP contribution in [0.1, 0.15) is 32.1 Å². The molecule has 1 aliphatic carbocycles. The van der Waals surface area contributed by atoms with Gasteiger partial charge in [0, 0.05) is 6.04 Å². The number of amides is 2. The number of carbonyl (C=O) groups excluding carboxylic acids is 2. The van der Waals surface area contributed by atoms with Crippen LogP contribution in [0, 0.1) is 0 Å². The molecule has 5 heteroatoms. The van der Waals surface area contributed by atoms with Crippen LogP contribution in [0.2, 0.25) is 0 Å². The van der Waals surface area contributed by atoms with Crippen LogP contribution in [0.25, 0.3) is 0 Å². The molecule has 0 aromatic heterocycles. The molecule has 1 aliphatic rings. The second kappa shape index (κ2) is 5.70. The molecule has 0 spiro atoms. The molecule has 0 aromatic rings. The van der Waals surface area contributed by atoms with Crippen molar-refractivity contribution in [2.45, 2.75) is 38.1 Å². The summed E-state index contributed by atoms with van der Waals surface area (Å²) in [4.78, 5) is 23.5. The van der Waals surface area contributed by atoms with Crippen LogP contribution in [-0.4, -0.2) is 35.8 Å². The van der Waals surface area contributed by atoms with E-state index in [1.54, 1.807) is 0 Å². The summed E-state index contributed by atoms with van der Waals surface area (Å²) >= 11 is 0. The van der Waals surface area contributed by atoms with E-state index in [1.165, 1.54) is 6.42 Å². The third-order valence-corrected chi connectivity index (χ3v) is 2.81. The van der Waals surface area contributed by atoms with E-state index in [4.69, 9.17) is 11.5 Å². The van der Waals surface area contributed by atoms with Crippen LogP contribution in [-0.2, 0) is 9.59 Å². The predicted molar refractivity (Wildman–Crippen MR) is 56.8 cm³/mol. The van der Waals surface area contributed by atoms with E-state index in [0.717, 1.165) is 25.7 Å². The van der Waals surface area contributed by atoms with E-state index in [9.17, 15) is 9.59 Å². The summed E-state index contributed by atoms with van der Waals surface area (Å²) < 4.78 is 0. The fourth-order valence-electron chi connectivity index (χ4n) is 2.16. The van der Waals surface area contributed by atoms with E-state index in [1.807, 2.05) is 4.90 Å². The number of primary amides is 2. The van der Waals surface area contributed by atoms with E-state index in [0.29, 0.717) is 6.04 Å². The quantitative estimate of drug-likeness (QED) is 0.650. The maximum absolute atomic E-state index is 10.9. The minimum Gasteiger partial charge on any atom is -0.369 e. The van der Waals surface area contributed by atoms with Crippen molar-refractivity contribution in [1.82, 2.24) is 4.90 Å². The van der Waals surface area contributed by atoms with Crippen molar-refractivity contribution < 1.29 is 9.59 Å². The minimum atomic E-state index is -0.401. The molecule has 0 bridgehead atoms. The normalized spacial score (nSPS) is 17.9. The summed E-state index contributed by atoms with van der Waals surface area (Å²) in [5, 5.41) is 0. The molecule has 1 saturated carbocycles. The van der Waals surface area contributed by atoms with Crippen LogP contribution in [0.15, 0.2) is 0 Å². The molecule has 0 radical (unpaired) electrons. The topological polar surface area (TPSA) is 89.4 Å². The number of nitrogens with zero attached hydrogens (tertiary/aromatic N) is 1. The van der Waals surface area contributed by atoms with Gasteiger partial charge in [-0.1, -0.05) is 19.3 Å². The summed E-state index contributed by atoms with van der Waals surface area (Å²) in [5.41, 5.74) is 10.3. The largest absolute Gasteiger partial charge is 0.369 e. The molecule has 86 valence electrons. The fraction of sp³-hybridized carbons (Fsp3) is 0.800. The van der Waals surface area contributed by atoms with Gasteiger partial charge in [0.15, 0.2) is 0 Å². The number of rotatable bonds is 5. The first-order valence-electron chi connectivity index (χ1n) is 5.40. The van der Waals surface area contributed by atoms with Gasteiger partial charge in [0.25, 0.3) is 0 Å². The van der Waals surface area contributed by atoms with Crippen LogP contribution < -0.4 is 11.5 Å². The van der Waals surface area contributed by atoms with E-state index in [2.05, 4.69) is 0 Å². The van der Waals surface area contributed by atoms with Gasteiger partial charge in [-0.05, 0) is 12.8 Å². The Kier molecular flexibility index (Phi) is 4.55. The number of nitrogens with two attached hydrogens (primary N) is 2. The molecule has 0 unspecified atom stereocenters. The summed E-state index contributed by atoms with van der Waals surface area (Å²) in [6.07, 6.45) is 5.59. The third-order valence-electron chi connectivity index (χ3n) is 2.81. The van der Waals surface area contributed by atoms with Gasteiger partial charge in [0.05, 0.1) is 13.1 Å². The molecule has 0 aliphatic heterocycles. The highest BCUT2D eigenvalue weighted by molar-refractivity contribution is 5.79. The minimum absolute atomic E-state index is 0.133. The molecule has 0 aromatic carbocycles. The highest BCUT2D eigenvalue weighted by Crippen LogP contribution is 2.22. The van der Waals surface area contributed by atoms with Gasteiger partial charge < -0.3 is 11.5 Å². The van der Waals surface area contributed by atoms with Crippen molar-refractivity contribution in [1.29, 1.82) is 0 Å². The summed E-state index contributed by atoms with van der Waals surface area (Å²) in [5.74, 6) is -0.802. The lowest BCUT2D eigenvalue weighted by Gasteiger charge is -2.32. The summed E-state index contributed by atoms with van der Waals surface area (Å²) in [7, 11) is 0. The van der Waals surface area contributed by atoms with Crippen LogP contribution in [0.4, 0.5) is 0 Å². The molecule has 2 amide bonds. The Labute approximate surface area is 89.8 Å². The average molecular weight is 213 g/mol. The van der Waals surface area contributed by atoms with Crippen molar-refractivity contribution >= 4 is 11.8 Å². The first kappa shape index (κ1) is 12.0. The van der Waals surface area contributed by atoms with Crippen molar-refractivity contribution in [3.8, 4) is 0 Å². The van der Waals surface area contributed by atoms with Gasteiger partial charge in [-0.15, -0.1) is 0 Å². The number of carbonyl (C=O) groups is 2. The van der Waals surface area contributed by atoms with E-state index >= 15 is 0 Å². The molecule has 0 atom stereocenters. The third kappa shape index (κ3) is 4.29. The molecule has 1 rings (SSSR count). The second-order valence-electron chi connectivity index (χ2n) is 4.13. The standard InChI is InChI=1S/C10H19N3O2/c11-9(14)6-13(7-10(12)15)8-4-2-1-3-5-8/h8H,1-7H2,(H2,11,14)(H2,12,15). The van der Waals surface area contributed by atoms with E-state index < -0.39 is 11.8 Å². The van der Waals surface area contributed by atoms with Crippen molar-refractivity contribution in [3.63, 3.8) is 0 Å². The molecule has 0 saturated heterocycles. The van der Waals surface area contributed by atoms with Crippen molar-refractivity contribution in [3.05, 3.63) is 0 Å². The number of hydrogen-bond donors (Lipinski definition) is 2. The zero-order valence-corrected chi connectivity index (χ0v) is 8.95.